The zero-order valence-corrected chi connectivity index (χ0v) is 10.9. The van der Waals surface area contributed by atoms with E-state index in [1.807, 2.05) is 0 Å². The van der Waals surface area contributed by atoms with Gasteiger partial charge in [0, 0.05) is 6.07 Å². The van der Waals surface area contributed by atoms with Crippen LogP contribution < -0.4 is 4.74 Å². The molecule has 0 bridgehead atoms. The first kappa shape index (κ1) is 11.8. The number of hydrogen-bond donors (Lipinski definition) is 0. The Morgan fingerprint density at radius 2 is 2.25 bits per heavy atom. The lowest BCUT2D eigenvalue weighted by Crippen LogP contribution is -1.96. The van der Waals surface area contributed by atoms with E-state index in [4.69, 9.17) is 16.3 Å². The molecule has 1 aromatic carbocycles. The van der Waals surface area contributed by atoms with Crippen LogP contribution in [0.5, 0.6) is 5.75 Å². The molecular formula is C9H5BrClFN2OS. The van der Waals surface area contributed by atoms with Crippen molar-refractivity contribution in [2.24, 2.45) is 0 Å². The molecule has 1 heterocycles. The molecule has 0 N–H and O–H groups in total. The Bertz CT molecular complexity index is 508. The van der Waals surface area contributed by atoms with Crippen molar-refractivity contribution in [1.82, 2.24) is 10.2 Å². The van der Waals surface area contributed by atoms with E-state index in [0.717, 1.165) is 0 Å². The second-order valence-corrected chi connectivity index (χ2v) is 5.31. The second-order valence-electron chi connectivity index (χ2n) is 2.81. The number of rotatable bonds is 3. The smallest absolute Gasteiger partial charge is 0.207 e. The third-order valence-electron chi connectivity index (χ3n) is 1.69. The van der Waals surface area contributed by atoms with E-state index in [0.29, 0.717) is 19.7 Å². The van der Waals surface area contributed by atoms with Crippen LogP contribution in [0.1, 0.15) is 5.01 Å². The summed E-state index contributed by atoms with van der Waals surface area (Å²) in [6.45, 7) is 0.215. The van der Waals surface area contributed by atoms with Gasteiger partial charge in [-0.2, -0.15) is 0 Å². The third kappa shape index (κ3) is 2.90. The van der Waals surface area contributed by atoms with Gasteiger partial charge < -0.3 is 4.74 Å². The maximum Gasteiger partial charge on any atom is 0.207 e. The van der Waals surface area contributed by atoms with E-state index in [1.165, 1.54) is 23.5 Å². The van der Waals surface area contributed by atoms with Crippen molar-refractivity contribution < 1.29 is 9.13 Å². The number of aromatic nitrogens is 2. The molecule has 2 aromatic rings. The molecule has 0 aliphatic rings. The zero-order valence-electron chi connectivity index (χ0n) is 7.78. The van der Waals surface area contributed by atoms with Crippen molar-refractivity contribution >= 4 is 38.9 Å². The normalized spacial score (nSPS) is 10.4. The van der Waals surface area contributed by atoms with Gasteiger partial charge in [-0.1, -0.05) is 11.3 Å². The summed E-state index contributed by atoms with van der Waals surface area (Å²) in [6, 6.07) is 4.23. The van der Waals surface area contributed by atoms with Crippen molar-refractivity contribution in [2.45, 2.75) is 6.61 Å². The Balaban J connectivity index is 2.07. The Kier molecular flexibility index (Phi) is 3.73. The summed E-state index contributed by atoms with van der Waals surface area (Å²) in [4.78, 5) is 0. The van der Waals surface area contributed by atoms with E-state index in [-0.39, 0.29) is 12.4 Å². The summed E-state index contributed by atoms with van der Waals surface area (Å²) in [5, 5.41) is 8.06. The van der Waals surface area contributed by atoms with Crippen LogP contribution >= 0.6 is 38.9 Å². The predicted molar refractivity (Wildman–Crippen MR) is 63.4 cm³/mol. The SMILES string of the molecule is Fc1ccc(Br)c(OCc2nnc(Cl)s2)c1. The maximum absolute atomic E-state index is 12.9. The molecule has 1 aromatic heterocycles. The van der Waals surface area contributed by atoms with Gasteiger partial charge in [-0.3, -0.25) is 0 Å². The first-order chi connectivity index (χ1) is 7.65. The molecule has 0 fully saturated rings. The molecule has 0 spiro atoms. The second kappa shape index (κ2) is 5.07. The average molecular weight is 324 g/mol. The summed E-state index contributed by atoms with van der Waals surface area (Å²) in [5.41, 5.74) is 0. The van der Waals surface area contributed by atoms with Crippen molar-refractivity contribution in [2.75, 3.05) is 0 Å². The highest BCUT2D eigenvalue weighted by Crippen LogP contribution is 2.26. The van der Waals surface area contributed by atoms with Gasteiger partial charge in [0.05, 0.1) is 4.47 Å². The molecule has 0 amide bonds. The van der Waals surface area contributed by atoms with Crippen LogP contribution in [0, 0.1) is 5.82 Å². The van der Waals surface area contributed by atoms with Crippen LogP contribution in [0.2, 0.25) is 4.47 Å². The van der Waals surface area contributed by atoms with Gasteiger partial charge in [-0.05, 0) is 39.7 Å². The van der Waals surface area contributed by atoms with Gasteiger partial charge in [-0.15, -0.1) is 10.2 Å². The average Bonchev–Trinajstić information content (AvgIpc) is 2.66. The molecule has 0 saturated carbocycles. The van der Waals surface area contributed by atoms with Crippen molar-refractivity contribution in [1.29, 1.82) is 0 Å². The number of benzene rings is 1. The molecule has 7 heteroatoms. The molecule has 0 unspecified atom stereocenters. The van der Waals surface area contributed by atoms with Gasteiger partial charge in [-0.25, -0.2) is 4.39 Å². The fraction of sp³-hybridized carbons (Fsp3) is 0.111. The Morgan fingerprint density at radius 1 is 1.44 bits per heavy atom. The Morgan fingerprint density at radius 3 is 2.94 bits per heavy atom. The van der Waals surface area contributed by atoms with Crippen LogP contribution in [-0.2, 0) is 6.61 Å². The van der Waals surface area contributed by atoms with E-state index < -0.39 is 0 Å². The minimum Gasteiger partial charge on any atom is -0.485 e. The number of nitrogens with zero attached hydrogens (tertiary/aromatic N) is 2. The minimum absolute atomic E-state index is 0.215. The zero-order chi connectivity index (χ0) is 11.5. The molecule has 0 radical (unpaired) electrons. The van der Waals surface area contributed by atoms with E-state index in [9.17, 15) is 4.39 Å². The van der Waals surface area contributed by atoms with Gasteiger partial charge >= 0.3 is 0 Å². The predicted octanol–water partition coefficient (Wildman–Crippen LogP) is 3.67. The highest BCUT2D eigenvalue weighted by Gasteiger charge is 2.06. The van der Waals surface area contributed by atoms with E-state index in [1.54, 1.807) is 6.07 Å². The van der Waals surface area contributed by atoms with Crippen molar-refractivity contribution in [3.8, 4) is 5.75 Å². The first-order valence-electron chi connectivity index (χ1n) is 4.21. The lowest BCUT2D eigenvalue weighted by atomic mass is 10.3. The monoisotopic (exact) mass is 322 g/mol. The third-order valence-corrected chi connectivity index (χ3v) is 3.33. The fourth-order valence-corrected chi connectivity index (χ4v) is 2.16. The van der Waals surface area contributed by atoms with Gasteiger partial charge in [0.1, 0.15) is 18.2 Å². The number of hydrogen-bond acceptors (Lipinski definition) is 4. The summed E-state index contributed by atoms with van der Waals surface area (Å²) < 4.78 is 19.4. The molecule has 3 nitrogen and oxygen atoms in total. The standard InChI is InChI=1S/C9H5BrClFN2OS/c10-6-2-1-5(12)3-7(6)15-4-8-13-14-9(11)16-8/h1-3H,4H2. The molecule has 0 aliphatic carbocycles. The van der Waals surface area contributed by atoms with Gasteiger partial charge in [0.15, 0.2) is 5.01 Å². The molecule has 84 valence electrons. The van der Waals surface area contributed by atoms with Crippen LogP contribution in [0.3, 0.4) is 0 Å². The Hall–Kier alpha value is -0.720. The molecule has 0 saturated heterocycles. The highest BCUT2D eigenvalue weighted by atomic mass is 79.9. The molecule has 16 heavy (non-hydrogen) atoms. The molecule has 0 atom stereocenters. The molecular weight excluding hydrogens is 319 g/mol. The van der Waals surface area contributed by atoms with Crippen LogP contribution in [-0.4, -0.2) is 10.2 Å². The molecule has 0 aliphatic heterocycles. The molecule has 2 rings (SSSR count). The van der Waals surface area contributed by atoms with Crippen LogP contribution in [0.25, 0.3) is 0 Å². The largest absolute Gasteiger partial charge is 0.485 e. The first-order valence-corrected chi connectivity index (χ1v) is 6.19. The van der Waals surface area contributed by atoms with E-state index in [2.05, 4.69) is 26.1 Å². The van der Waals surface area contributed by atoms with Gasteiger partial charge in [0.25, 0.3) is 0 Å². The Labute approximate surface area is 108 Å². The number of halogens is 3. The summed E-state index contributed by atoms with van der Waals surface area (Å²) in [7, 11) is 0. The van der Waals surface area contributed by atoms with E-state index >= 15 is 0 Å². The number of ether oxygens (including phenoxy) is 1. The maximum atomic E-state index is 12.9. The summed E-state index contributed by atoms with van der Waals surface area (Å²) >= 11 is 10.1. The minimum atomic E-state index is -0.353. The van der Waals surface area contributed by atoms with Crippen molar-refractivity contribution in [3.63, 3.8) is 0 Å². The van der Waals surface area contributed by atoms with Crippen molar-refractivity contribution in [3.05, 3.63) is 38.0 Å². The quantitative estimate of drug-likeness (QED) is 0.864. The topological polar surface area (TPSA) is 35.0 Å². The fourth-order valence-electron chi connectivity index (χ4n) is 1.02. The lowest BCUT2D eigenvalue weighted by molar-refractivity contribution is 0.301. The summed E-state index contributed by atoms with van der Waals surface area (Å²) in [6.07, 6.45) is 0. The lowest BCUT2D eigenvalue weighted by Gasteiger charge is -2.05. The van der Waals surface area contributed by atoms with Gasteiger partial charge in [0.2, 0.25) is 4.47 Å². The van der Waals surface area contributed by atoms with Crippen LogP contribution in [0.15, 0.2) is 22.7 Å². The highest BCUT2D eigenvalue weighted by molar-refractivity contribution is 9.10. The van der Waals surface area contributed by atoms with Crippen LogP contribution in [0.4, 0.5) is 4.39 Å². The summed E-state index contributed by atoms with van der Waals surface area (Å²) in [5.74, 6) is 0.0693.